The Kier molecular flexibility index (Phi) is 10.2. The van der Waals surface area contributed by atoms with Crippen LogP contribution in [0.1, 0.15) is 26.7 Å². The summed E-state index contributed by atoms with van der Waals surface area (Å²) in [4.78, 5) is 12.7. The first-order valence-corrected chi connectivity index (χ1v) is 14.0. The minimum absolute atomic E-state index is 0.113. The third-order valence-corrected chi connectivity index (χ3v) is 11.9. The molecule has 1 heterocycles. The Morgan fingerprint density at radius 2 is 2.25 bits per heavy atom. The van der Waals surface area contributed by atoms with Gasteiger partial charge in [-0.2, -0.15) is 0 Å². The molecule has 0 radical (unpaired) electrons. The summed E-state index contributed by atoms with van der Waals surface area (Å²) in [6.45, 7) is 7.59. The van der Waals surface area contributed by atoms with Gasteiger partial charge < -0.3 is 0 Å². The first kappa shape index (κ1) is 18.4. The number of carbonyl (C=O) groups excluding carboxylic acids is 1. The van der Waals surface area contributed by atoms with Gasteiger partial charge in [0.25, 0.3) is 0 Å². The van der Waals surface area contributed by atoms with Crippen LogP contribution >= 0.6 is 0 Å². The fraction of sp³-hybridized carbons (Fsp3) is 0.923. The number of carbonyl (C=O) groups is 1. The maximum atomic E-state index is 12.1. The van der Waals surface area contributed by atoms with Gasteiger partial charge in [-0.25, -0.2) is 0 Å². The van der Waals surface area contributed by atoms with Crippen molar-refractivity contribution in [3.63, 3.8) is 0 Å². The summed E-state index contributed by atoms with van der Waals surface area (Å²) in [5, 5.41) is 11.1. The molecule has 118 valence electrons. The maximum absolute atomic E-state index is 12.1. The van der Waals surface area contributed by atoms with E-state index in [0.717, 1.165) is 45.6 Å². The van der Waals surface area contributed by atoms with Gasteiger partial charge in [-0.05, 0) is 0 Å². The van der Waals surface area contributed by atoms with Crippen LogP contribution in [-0.4, -0.2) is 70.4 Å². The molecule has 0 aromatic rings. The summed E-state index contributed by atoms with van der Waals surface area (Å²) in [6.07, 6.45) is 2.00. The van der Waals surface area contributed by atoms with Crippen LogP contribution in [0.2, 0.25) is 10.1 Å². The Morgan fingerprint density at radius 1 is 1.45 bits per heavy atom. The third-order valence-electron chi connectivity index (χ3n) is 3.28. The monoisotopic (exact) mass is 416 g/mol. The average molecular weight is 414 g/mol. The molecule has 1 fully saturated rings. The molecule has 0 saturated carbocycles. The number of amides is 1. The van der Waals surface area contributed by atoms with E-state index >= 15 is 0 Å². The van der Waals surface area contributed by atoms with E-state index in [9.17, 15) is 4.79 Å². The van der Waals surface area contributed by atoms with Crippen molar-refractivity contribution >= 4 is 32.2 Å². The second-order valence-corrected chi connectivity index (χ2v) is 12.7. The van der Waals surface area contributed by atoms with E-state index < -0.39 is 0 Å². The molecule has 0 aromatic carbocycles. The molecule has 1 aliphatic heterocycles. The van der Waals surface area contributed by atoms with Crippen molar-refractivity contribution in [3.8, 4) is 0 Å². The van der Waals surface area contributed by atoms with Crippen molar-refractivity contribution in [2.75, 3.05) is 26.2 Å². The zero-order chi connectivity index (χ0) is 14.8. The number of rotatable bonds is 5. The van der Waals surface area contributed by atoms with Crippen LogP contribution < -0.4 is 21.7 Å². The molecule has 7 heteroatoms. The fourth-order valence-corrected chi connectivity index (χ4v) is 10.2. The van der Waals surface area contributed by atoms with Crippen molar-refractivity contribution < 1.29 is 4.79 Å². The Hall–Kier alpha value is 0.389. The van der Waals surface area contributed by atoms with Crippen molar-refractivity contribution in [3.05, 3.63) is 0 Å². The van der Waals surface area contributed by atoms with Gasteiger partial charge in [-0.1, -0.05) is 0 Å². The SMILES string of the molecule is CCCNC(=O)C1CNCC[Se][Se]C(C(N)CC)CN1. The Bertz CT molecular complexity index is 281. The molecule has 0 aromatic heterocycles. The number of nitrogens with one attached hydrogen (secondary N) is 3. The van der Waals surface area contributed by atoms with Crippen LogP contribution in [0.25, 0.3) is 0 Å². The molecule has 0 spiro atoms. The fourth-order valence-electron chi connectivity index (χ4n) is 1.90. The molecule has 5 N–H and O–H groups in total. The molecule has 0 bridgehead atoms. The summed E-state index contributed by atoms with van der Waals surface area (Å²) >= 11 is 1.34. The molecule has 1 amide bonds. The van der Waals surface area contributed by atoms with Gasteiger partial charge in [-0.15, -0.1) is 0 Å². The first-order chi connectivity index (χ1) is 9.69. The van der Waals surface area contributed by atoms with Gasteiger partial charge in [-0.3, -0.25) is 0 Å². The number of hydrogen-bond donors (Lipinski definition) is 4. The molecule has 0 aliphatic carbocycles. The van der Waals surface area contributed by atoms with Crippen LogP contribution in [0, 0.1) is 0 Å². The normalized spacial score (nSPS) is 26.8. The zero-order valence-corrected chi connectivity index (χ0v) is 15.9. The van der Waals surface area contributed by atoms with Gasteiger partial charge in [0.1, 0.15) is 0 Å². The minimum atomic E-state index is -0.130. The summed E-state index contributed by atoms with van der Waals surface area (Å²) in [5.41, 5.74) is 6.23. The molecular formula is C13H28N4OSe2. The van der Waals surface area contributed by atoms with E-state index in [1.54, 1.807) is 0 Å². The van der Waals surface area contributed by atoms with Crippen LogP contribution in [0.15, 0.2) is 0 Å². The summed E-state index contributed by atoms with van der Waals surface area (Å²) in [5.74, 6) is 0.113. The average Bonchev–Trinajstić information content (AvgIpc) is 2.48. The second-order valence-electron chi connectivity index (χ2n) is 4.98. The predicted molar refractivity (Wildman–Crippen MR) is 86.3 cm³/mol. The topological polar surface area (TPSA) is 79.2 Å². The molecule has 3 atom stereocenters. The Morgan fingerprint density at radius 3 is 2.95 bits per heavy atom. The summed E-state index contributed by atoms with van der Waals surface area (Å²) < 4.78 is 0. The van der Waals surface area contributed by atoms with Crippen molar-refractivity contribution in [2.45, 2.75) is 48.9 Å². The van der Waals surface area contributed by atoms with Gasteiger partial charge in [0.2, 0.25) is 0 Å². The second kappa shape index (κ2) is 11.0. The van der Waals surface area contributed by atoms with Crippen LogP contribution in [-0.2, 0) is 4.79 Å². The van der Waals surface area contributed by atoms with Crippen molar-refractivity contribution in [1.29, 1.82) is 0 Å². The Balaban J connectivity index is 2.54. The van der Waals surface area contributed by atoms with Crippen LogP contribution in [0.5, 0.6) is 0 Å². The zero-order valence-electron chi connectivity index (χ0n) is 12.5. The van der Waals surface area contributed by atoms with E-state index in [4.69, 9.17) is 5.73 Å². The van der Waals surface area contributed by atoms with E-state index in [0.29, 0.717) is 24.5 Å². The number of hydrogen-bond acceptors (Lipinski definition) is 4. The van der Waals surface area contributed by atoms with E-state index in [-0.39, 0.29) is 18.0 Å². The summed E-state index contributed by atoms with van der Waals surface area (Å²) in [6, 6.07) is 0.144. The molecule has 20 heavy (non-hydrogen) atoms. The van der Waals surface area contributed by atoms with E-state index in [1.165, 1.54) is 5.32 Å². The third kappa shape index (κ3) is 6.90. The van der Waals surface area contributed by atoms with Crippen molar-refractivity contribution in [2.24, 2.45) is 5.73 Å². The van der Waals surface area contributed by atoms with Crippen LogP contribution in [0.3, 0.4) is 0 Å². The van der Waals surface area contributed by atoms with E-state index in [1.807, 2.05) is 0 Å². The van der Waals surface area contributed by atoms with Crippen molar-refractivity contribution in [1.82, 2.24) is 16.0 Å². The van der Waals surface area contributed by atoms with Gasteiger partial charge in [0.05, 0.1) is 0 Å². The standard InChI is InChI=1S/C13H28N4OSe2/c1-3-5-16-13(18)11-8-15-6-7-19-20-12(9-17-11)10(14)4-2/h10-12,15,17H,3-9,14H2,1-2H3,(H,16,18). The van der Waals surface area contributed by atoms with Gasteiger partial charge in [0, 0.05) is 0 Å². The first-order valence-electron chi connectivity index (χ1n) is 7.44. The van der Waals surface area contributed by atoms with E-state index in [2.05, 4.69) is 29.8 Å². The van der Waals surface area contributed by atoms with Gasteiger partial charge in [0.15, 0.2) is 0 Å². The quantitative estimate of drug-likeness (QED) is 0.451. The molecule has 1 aliphatic rings. The molecular weight excluding hydrogens is 386 g/mol. The van der Waals surface area contributed by atoms with Gasteiger partial charge >= 0.3 is 134 Å². The molecule has 5 nitrogen and oxygen atoms in total. The van der Waals surface area contributed by atoms with Crippen LogP contribution in [0.4, 0.5) is 0 Å². The molecule has 3 unspecified atom stereocenters. The summed E-state index contributed by atoms with van der Waals surface area (Å²) in [7, 11) is 0. The molecule has 1 saturated heterocycles. The number of nitrogens with two attached hydrogens (primary N) is 1. The predicted octanol–water partition coefficient (Wildman–Crippen LogP) is -0.658. The Labute approximate surface area is 133 Å². The molecule has 1 rings (SSSR count).